The first kappa shape index (κ1) is 9.07. The van der Waals surface area contributed by atoms with Gasteiger partial charge in [-0.2, -0.15) is 0 Å². The van der Waals surface area contributed by atoms with Crippen LogP contribution in [0.2, 0.25) is 0 Å². The van der Waals surface area contributed by atoms with Crippen LogP contribution >= 0.6 is 0 Å². The van der Waals surface area contributed by atoms with Crippen molar-refractivity contribution in [2.24, 2.45) is 0 Å². The van der Waals surface area contributed by atoms with E-state index < -0.39 is 0 Å². The summed E-state index contributed by atoms with van der Waals surface area (Å²) in [6, 6.07) is 8.16. The lowest BCUT2D eigenvalue weighted by Gasteiger charge is -2.07. The Balaban J connectivity index is 2.68. The van der Waals surface area contributed by atoms with Crippen LogP contribution in [0.15, 0.2) is 24.3 Å². The molecule has 0 heterocycles. The zero-order valence-electron chi connectivity index (χ0n) is 7.63. The van der Waals surface area contributed by atoms with Crippen molar-refractivity contribution in [1.29, 1.82) is 0 Å². The maximum atomic E-state index is 5.32. The molecule has 1 N–H and O–H groups in total. The van der Waals surface area contributed by atoms with Crippen molar-refractivity contribution in [3.8, 4) is 0 Å². The third kappa shape index (κ3) is 2.24. The molecule has 0 spiro atoms. The lowest BCUT2D eigenvalue weighted by Crippen LogP contribution is -1.97. The van der Waals surface area contributed by atoms with Gasteiger partial charge in [0.25, 0.3) is 0 Å². The third-order valence-corrected chi connectivity index (χ3v) is 1.75. The molecular weight excluding hydrogens is 150 g/mol. The summed E-state index contributed by atoms with van der Waals surface area (Å²) in [5.74, 6) is 0. The van der Waals surface area contributed by atoms with Crippen molar-refractivity contribution in [3.63, 3.8) is 0 Å². The molecule has 0 aromatic heterocycles. The average Bonchev–Trinajstić information content (AvgIpc) is 2.15. The van der Waals surface area contributed by atoms with Crippen LogP contribution < -0.4 is 5.32 Å². The molecule has 0 radical (unpaired) electrons. The van der Waals surface area contributed by atoms with Gasteiger partial charge in [-0.3, -0.25) is 0 Å². The average molecular weight is 165 g/mol. The number of nitrogens with one attached hydrogen (secondary N) is 1. The molecule has 0 aliphatic carbocycles. The van der Waals surface area contributed by atoms with Gasteiger partial charge in [-0.05, 0) is 13.0 Å². The van der Waals surface area contributed by atoms with Gasteiger partial charge in [0.15, 0.2) is 0 Å². The van der Waals surface area contributed by atoms with Crippen molar-refractivity contribution in [3.05, 3.63) is 29.8 Å². The second-order valence-corrected chi connectivity index (χ2v) is 2.54. The molecule has 0 bridgehead atoms. The van der Waals surface area contributed by atoms with Crippen LogP contribution in [-0.2, 0) is 11.3 Å². The second-order valence-electron chi connectivity index (χ2n) is 2.54. The van der Waals surface area contributed by atoms with Crippen molar-refractivity contribution in [2.75, 3.05) is 19.0 Å². The van der Waals surface area contributed by atoms with Gasteiger partial charge in [-0.25, -0.2) is 0 Å². The van der Waals surface area contributed by atoms with Crippen molar-refractivity contribution in [2.45, 2.75) is 13.5 Å². The first-order valence-corrected chi connectivity index (χ1v) is 4.22. The van der Waals surface area contributed by atoms with Gasteiger partial charge < -0.3 is 10.1 Å². The van der Waals surface area contributed by atoms with E-state index in [0.29, 0.717) is 6.61 Å². The molecule has 0 aliphatic rings. The van der Waals surface area contributed by atoms with E-state index >= 15 is 0 Å². The van der Waals surface area contributed by atoms with Gasteiger partial charge in [0.05, 0.1) is 6.61 Å². The minimum absolute atomic E-state index is 0.688. The van der Waals surface area contributed by atoms with Crippen LogP contribution in [0.3, 0.4) is 0 Å². The van der Waals surface area contributed by atoms with Crippen LogP contribution in [0.4, 0.5) is 5.69 Å². The van der Waals surface area contributed by atoms with Crippen LogP contribution in [0.1, 0.15) is 12.5 Å². The van der Waals surface area contributed by atoms with E-state index in [1.165, 1.54) is 5.56 Å². The maximum absolute atomic E-state index is 5.32. The van der Waals surface area contributed by atoms with E-state index in [-0.39, 0.29) is 0 Å². The Hall–Kier alpha value is -1.02. The van der Waals surface area contributed by atoms with Gasteiger partial charge in [-0.1, -0.05) is 18.2 Å². The summed E-state index contributed by atoms with van der Waals surface area (Å²) >= 11 is 0. The van der Waals surface area contributed by atoms with Gasteiger partial charge in [0, 0.05) is 24.9 Å². The molecule has 0 fully saturated rings. The van der Waals surface area contributed by atoms with Crippen molar-refractivity contribution >= 4 is 5.69 Å². The van der Waals surface area contributed by atoms with Crippen LogP contribution in [-0.4, -0.2) is 13.7 Å². The van der Waals surface area contributed by atoms with E-state index in [1.54, 1.807) is 0 Å². The first-order valence-electron chi connectivity index (χ1n) is 4.22. The normalized spacial score (nSPS) is 9.83. The molecule has 0 amide bonds. The molecule has 66 valence electrons. The summed E-state index contributed by atoms with van der Waals surface area (Å²) in [5.41, 5.74) is 2.35. The van der Waals surface area contributed by atoms with Gasteiger partial charge in [0.2, 0.25) is 0 Å². The summed E-state index contributed by atoms with van der Waals surface area (Å²) in [6.45, 7) is 3.45. The fraction of sp³-hybridized carbons (Fsp3) is 0.400. The number of hydrogen-bond acceptors (Lipinski definition) is 2. The summed E-state index contributed by atoms with van der Waals surface area (Å²) in [7, 11) is 1.92. The predicted octanol–water partition coefficient (Wildman–Crippen LogP) is 2.26. The molecule has 0 aliphatic heterocycles. The maximum Gasteiger partial charge on any atom is 0.0736 e. The molecule has 1 rings (SSSR count). The minimum atomic E-state index is 0.688. The Bertz CT molecular complexity index is 235. The van der Waals surface area contributed by atoms with E-state index in [2.05, 4.69) is 11.4 Å². The standard InChI is InChI=1S/C10H15NO/c1-3-12-8-9-6-4-5-7-10(9)11-2/h4-7,11H,3,8H2,1-2H3. The predicted molar refractivity (Wildman–Crippen MR) is 51.3 cm³/mol. The van der Waals surface area contributed by atoms with E-state index in [0.717, 1.165) is 12.3 Å². The van der Waals surface area contributed by atoms with Crippen molar-refractivity contribution in [1.82, 2.24) is 0 Å². The van der Waals surface area contributed by atoms with Gasteiger partial charge in [-0.15, -0.1) is 0 Å². The number of rotatable bonds is 4. The van der Waals surface area contributed by atoms with Crippen LogP contribution in [0.5, 0.6) is 0 Å². The minimum Gasteiger partial charge on any atom is -0.388 e. The van der Waals surface area contributed by atoms with E-state index in [9.17, 15) is 0 Å². The molecule has 1 aromatic rings. The monoisotopic (exact) mass is 165 g/mol. The molecular formula is C10H15NO. The molecule has 0 unspecified atom stereocenters. The molecule has 12 heavy (non-hydrogen) atoms. The largest absolute Gasteiger partial charge is 0.388 e. The molecule has 0 saturated heterocycles. The quantitative estimate of drug-likeness (QED) is 0.739. The Morgan fingerprint density at radius 1 is 1.33 bits per heavy atom. The number of anilines is 1. The molecule has 2 nitrogen and oxygen atoms in total. The summed E-state index contributed by atoms with van der Waals surface area (Å²) in [4.78, 5) is 0. The molecule has 2 heteroatoms. The smallest absolute Gasteiger partial charge is 0.0736 e. The highest BCUT2D eigenvalue weighted by Crippen LogP contribution is 2.14. The van der Waals surface area contributed by atoms with Crippen LogP contribution in [0, 0.1) is 0 Å². The van der Waals surface area contributed by atoms with Gasteiger partial charge in [0.1, 0.15) is 0 Å². The molecule has 1 aromatic carbocycles. The topological polar surface area (TPSA) is 21.3 Å². The second kappa shape index (κ2) is 4.78. The fourth-order valence-corrected chi connectivity index (χ4v) is 1.10. The van der Waals surface area contributed by atoms with E-state index in [1.807, 2.05) is 32.2 Å². The number of hydrogen-bond donors (Lipinski definition) is 1. The highest BCUT2D eigenvalue weighted by molar-refractivity contribution is 5.50. The highest BCUT2D eigenvalue weighted by Gasteiger charge is 1.97. The Labute approximate surface area is 73.6 Å². The van der Waals surface area contributed by atoms with E-state index in [4.69, 9.17) is 4.74 Å². The van der Waals surface area contributed by atoms with Crippen molar-refractivity contribution < 1.29 is 4.74 Å². The summed E-state index contributed by atoms with van der Waals surface area (Å²) < 4.78 is 5.32. The Kier molecular flexibility index (Phi) is 3.61. The molecule has 0 saturated carbocycles. The zero-order valence-corrected chi connectivity index (χ0v) is 7.63. The zero-order chi connectivity index (χ0) is 8.81. The lowest BCUT2D eigenvalue weighted by molar-refractivity contribution is 0.134. The number of para-hydroxylation sites is 1. The first-order chi connectivity index (χ1) is 5.88. The summed E-state index contributed by atoms with van der Waals surface area (Å²) in [6.07, 6.45) is 0. The lowest BCUT2D eigenvalue weighted by atomic mass is 10.2. The number of ether oxygens (including phenoxy) is 1. The third-order valence-electron chi connectivity index (χ3n) is 1.75. The highest BCUT2D eigenvalue weighted by atomic mass is 16.5. The SMILES string of the molecule is CCOCc1ccccc1NC. The molecule has 0 atom stereocenters. The fourth-order valence-electron chi connectivity index (χ4n) is 1.10. The summed E-state index contributed by atoms with van der Waals surface area (Å²) in [5, 5.41) is 3.12. The van der Waals surface area contributed by atoms with Gasteiger partial charge >= 0.3 is 0 Å². The Morgan fingerprint density at radius 2 is 2.08 bits per heavy atom. The van der Waals surface area contributed by atoms with Crippen LogP contribution in [0.25, 0.3) is 0 Å². The Morgan fingerprint density at radius 3 is 2.75 bits per heavy atom. The number of benzene rings is 1.